The standard InChI is InChI=1S/C13H18N2O2/c1-10-3-2-4-12(7-10)13(16)15-17-9-11-5-6-14-8-11/h2-4,7,11,14H,5-6,8-9H2,1H3,(H,15,16). The molecule has 1 aromatic rings. The van der Waals surface area contributed by atoms with E-state index in [9.17, 15) is 4.79 Å². The second-order valence-corrected chi connectivity index (χ2v) is 4.47. The molecule has 4 heteroatoms. The highest BCUT2D eigenvalue weighted by Crippen LogP contribution is 2.07. The Balaban J connectivity index is 1.77. The smallest absolute Gasteiger partial charge is 0.274 e. The van der Waals surface area contributed by atoms with Crippen molar-refractivity contribution in [2.45, 2.75) is 13.3 Å². The van der Waals surface area contributed by atoms with Crippen LogP contribution in [0.4, 0.5) is 0 Å². The Morgan fingerprint density at radius 3 is 3.18 bits per heavy atom. The first-order valence-corrected chi connectivity index (χ1v) is 5.95. The van der Waals surface area contributed by atoms with Gasteiger partial charge in [0.2, 0.25) is 0 Å². The number of rotatable bonds is 4. The third-order valence-corrected chi connectivity index (χ3v) is 2.93. The zero-order valence-electron chi connectivity index (χ0n) is 10.0. The van der Waals surface area contributed by atoms with Crippen LogP contribution in [0.2, 0.25) is 0 Å². The minimum Gasteiger partial charge on any atom is -0.316 e. The molecule has 4 nitrogen and oxygen atoms in total. The lowest BCUT2D eigenvalue weighted by Gasteiger charge is -2.10. The Hall–Kier alpha value is -1.39. The number of benzene rings is 1. The van der Waals surface area contributed by atoms with Crippen molar-refractivity contribution in [3.8, 4) is 0 Å². The first kappa shape index (κ1) is 12.1. The van der Waals surface area contributed by atoms with Gasteiger partial charge in [0, 0.05) is 12.1 Å². The molecule has 0 bridgehead atoms. The molecule has 92 valence electrons. The monoisotopic (exact) mass is 234 g/mol. The van der Waals surface area contributed by atoms with Gasteiger partial charge >= 0.3 is 0 Å². The van der Waals surface area contributed by atoms with Gasteiger partial charge in [-0.05, 0) is 37.9 Å². The number of nitrogens with one attached hydrogen (secondary N) is 2. The fourth-order valence-corrected chi connectivity index (χ4v) is 1.93. The van der Waals surface area contributed by atoms with E-state index in [1.165, 1.54) is 0 Å². The van der Waals surface area contributed by atoms with Crippen LogP contribution in [-0.4, -0.2) is 25.6 Å². The van der Waals surface area contributed by atoms with Crippen molar-refractivity contribution in [1.82, 2.24) is 10.8 Å². The van der Waals surface area contributed by atoms with Crippen molar-refractivity contribution >= 4 is 5.91 Å². The Labute approximate surface area is 101 Å². The molecule has 2 N–H and O–H groups in total. The van der Waals surface area contributed by atoms with E-state index in [0.717, 1.165) is 25.1 Å². The summed E-state index contributed by atoms with van der Waals surface area (Å²) < 4.78 is 0. The van der Waals surface area contributed by atoms with Crippen molar-refractivity contribution < 1.29 is 9.63 Å². The van der Waals surface area contributed by atoms with E-state index in [1.807, 2.05) is 25.1 Å². The van der Waals surface area contributed by atoms with E-state index in [-0.39, 0.29) is 5.91 Å². The topological polar surface area (TPSA) is 50.4 Å². The molecule has 1 aliphatic rings. The van der Waals surface area contributed by atoms with Gasteiger partial charge in [0.25, 0.3) is 5.91 Å². The highest BCUT2D eigenvalue weighted by Gasteiger charge is 2.15. The van der Waals surface area contributed by atoms with Crippen LogP contribution in [0.25, 0.3) is 0 Å². The summed E-state index contributed by atoms with van der Waals surface area (Å²) in [7, 11) is 0. The van der Waals surface area contributed by atoms with Crippen LogP contribution >= 0.6 is 0 Å². The van der Waals surface area contributed by atoms with Crippen LogP contribution in [0.1, 0.15) is 22.3 Å². The van der Waals surface area contributed by atoms with E-state index >= 15 is 0 Å². The highest BCUT2D eigenvalue weighted by molar-refractivity contribution is 5.93. The maximum absolute atomic E-state index is 11.7. The zero-order chi connectivity index (χ0) is 12.1. The van der Waals surface area contributed by atoms with E-state index in [0.29, 0.717) is 18.1 Å². The lowest BCUT2D eigenvalue weighted by molar-refractivity contribution is 0.0188. The van der Waals surface area contributed by atoms with Gasteiger partial charge in [0.1, 0.15) is 0 Å². The van der Waals surface area contributed by atoms with Gasteiger partial charge in [-0.15, -0.1) is 0 Å². The van der Waals surface area contributed by atoms with E-state index in [2.05, 4.69) is 10.8 Å². The van der Waals surface area contributed by atoms with Crippen LogP contribution < -0.4 is 10.8 Å². The Morgan fingerprint density at radius 2 is 2.47 bits per heavy atom. The average molecular weight is 234 g/mol. The zero-order valence-corrected chi connectivity index (χ0v) is 10.0. The first-order chi connectivity index (χ1) is 8.25. The van der Waals surface area contributed by atoms with Crippen molar-refractivity contribution in [2.75, 3.05) is 19.7 Å². The number of hydrogen-bond donors (Lipinski definition) is 2. The van der Waals surface area contributed by atoms with Crippen LogP contribution in [0.3, 0.4) is 0 Å². The van der Waals surface area contributed by atoms with E-state index in [1.54, 1.807) is 6.07 Å². The largest absolute Gasteiger partial charge is 0.316 e. The van der Waals surface area contributed by atoms with E-state index in [4.69, 9.17) is 4.84 Å². The molecule has 0 aliphatic carbocycles. The number of hydrogen-bond acceptors (Lipinski definition) is 3. The normalized spacial score (nSPS) is 19.2. The summed E-state index contributed by atoms with van der Waals surface area (Å²) in [6.07, 6.45) is 1.11. The number of aryl methyl sites for hydroxylation is 1. The van der Waals surface area contributed by atoms with Gasteiger partial charge in [-0.2, -0.15) is 0 Å². The van der Waals surface area contributed by atoms with Crippen molar-refractivity contribution in [3.05, 3.63) is 35.4 Å². The predicted molar refractivity (Wildman–Crippen MR) is 65.6 cm³/mol. The Morgan fingerprint density at radius 1 is 1.59 bits per heavy atom. The van der Waals surface area contributed by atoms with Gasteiger partial charge in [0.15, 0.2) is 0 Å². The summed E-state index contributed by atoms with van der Waals surface area (Å²) >= 11 is 0. The Bertz CT molecular complexity index is 387. The summed E-state index contributed by atoms with van der Waals surface area (Å²) in [6.45, 7) is 4.55. The molecule has 2 rings (SSSR count). The minimum atomic E-state index is -0.181. The summed E-state index contributed by atoms with van der Waals surface area (Å²) in [5, 5.41) is 3.26. The molecule has 0 aromatic heterocycles. The molecule has 1 fully saturated rings. The summed E-state index contributed by atoms with van der Waals surface area (Å²) in [6, 6.07) is 7.45. The fourth-order valence-electron chi connectivity index (χ4n) is 1.93. The molecule has 0 spiro atoms. The second kappa shape index (κ2) is 5.80. The predicted octanol–water partition coefficient (Wildman–Crippen LogP) is 1.27. The fraction of sp³-hybridized carbons (Fsp3) is 0.462. The lowest BCUT2D eigenvalue weighted by atomic mass is 10.1. The number of amides is 1. The maximum atomic E-state index is 11.7. The third-order valence-electron chi connectivity index (χ3n) is 2.93. The van der Waals surface area contributed by atoms with Gasteiger partial charge in [-0.25, -0.2) is 5.48 Å². The number of hydroxylamine groups is 1. The van der Waals surface area contributed by atoms with Gasteiger partial charge in [-0.1, -0.05) is 17.7 Å². The number of carbonyl (C=O) groups excluding carboxylic acids is 1. The number of carbonyl (C=O) groups is 1. The molecule has 1 atom stereocenters. The average Bonchev–Trinajstić information content (AvgIpc) is 2.82. The van der Waals surface area contributed by atoms with Gasteiger partial charge in [-0.3, -0.25) is 9.63 Å². The molecule has 1 aromatic carbocycles. The van der Waals surface area contributed by atoms with Crippen molar-refractivity contribution in [3.63, 3.8) is 0 Å². The van der Waals surface area contributed by atoms with Gasteiger partial charge in [0.05, 0.1) is 6.61 Å². The molecule has 1 unspecified atom stereocenters. The summed E-state index contributed by atoms with van der Waals surface area (Å²) in [5.41, 5.74) is 4.19. The molecule has 0 saturated carbocycles. The molecule has 1 saturated heterocycles. The molecular weight excluding hydrogens is 216 g/mol. The van der Waals surface area contributed by atoms with Crippen LogP contribution in [0, 0.1) is 12.8 Å². The highest BCUT2D eigenvalue weighted by atomic mass is 16.6. The van der Waals surface area contributed by atoms with Crippen LogP contribution in [-0.2, 0) is 4.84 Å². The van der Waals surface area contributed by atoms with Crippen molar-refractivity contribution in [1.29, 1.82) is 0 Å². The maximum Gasteiger partial charge on any atom is 0.274 e. The van der Waals surface area contributed by atoms with Crippen LogP contribution in [0.15, 0.2) is 24.3 Å². The minimum absolute atomic E-state index is 0.181. The lowest BCUT2D eigenvalue weighted by Crippen LogP contribution is -2.27. The second-order valence-electron chi connectivity index (χ2n) is 4.47. The first-order valence-electron chi connectivity index (χ1n) is 5.95. The molecule has 1 amide bonds. The van der Waals surface area contributed by atoms with Crippen molar-refractivity contribution in [2.24, 2.45) is 5.92 Å². The molecule has 17 heavy (non-hydrogen) atoms. The molecule has 0 radical (unpaired) electrons. The Kier molecular flexibility index (Phi) is 4.12. The molecule has 1 aliphatic heterocycles. The third kappa shape index (κ3) is 3.54. The SMILES string of the molecule is Cc1cccc(C(=O)NOCC2CCNC2)c1. The summed E-state index contributed by atoms with van der Waals surface area (Å²) in [4.78, 5) is 17.0. The quantitative estimate of drug-likeness (QED) is 0.771. The van der Waals surface area contributed by atoms with E-state index < -0.39 is 0 Å². The molecule has 1 heterocycles. The molecular formula is C13H18N2O2. The van der Waals surface area contributed by atoms with Crippen LogP contribution in [0.5, 0.6) is 0 Å². The summed E-state index contributed by atoms with van der Waals surface area (Å²) in [5.74, 6) is 0.326. The van der Waals surface area contributed by atoms with Gasteiger partial charge < -0.3 is 5.32 Å².